The molecule has 1 fully saturated rings. The van der Waals surface area contributed by atoms with Crippen molar-refractivity contribution >= 4 is 11.3 Å². The Morgan fingerprint density at radius 2 is 2.22 bits per heavy atom. The summed E-state index contributed by atoms with van der Waals surface area (Å²) >= 11 is 1.86. The summed E-state index contributed by atoms with van der Waals surface area (Å²) in [5.74, 6) is 0.765. The highest BCUT2D eigenvalue weighted by Gasteiger charge is 2.38. The van der Waals surface area contributed by atoms with Gasteiger partial charge in [0.1, 0.15) is 0 Å². The van der Waals surface area contributed by atoms with Gasteiger partial charge < -0.3 is 10.1 Å². The fourth-order valence-electron chi connectivity index (χ4n) is 2.48. The summed E-state index contributed by atoms with van der Waals surface area (Å²) in [4.78, 5) is 1.47. The van der Waals surface area contributed by atoms with Crippen LogP contribution in [0.4, 0.5) is 0 Å². The van der Waals surface area contributed by atoms with Crippen LogP contribution >= 0.6 is 11.3 Å². The fraction of sp³-hybridized carbons (Fsp3) is 0.733. The first-order valence-corrected chi connectivity index (χ1v) is 8.04. The van der Waals surface area contributed by atoms with Crippen LogP contribution in [0.25, 0.3) is 0 Å². The van der Waals surface area contributed by atoms with E-state index in [4.69, 9.17) is 4.74 Å². The lowest BCUT2D eigenvalue weighted by Crippen LogP contribution is -2.35. The van der Waals surface area contributed by atoms with E-state index in [9.17, 15) is 0 Å². The molecule has 2 nitrogen and oxygen atoms in total. The Morgan fingerprint density at radius 3 is 2.72 bits per heavy atom. The molecular weight excluding hydrogens is 242 g/mol. The van der Waals surface area contributed by atoms with Gasteiger partial charge in [0, 0.05) is 11.5 Å². The van der Waals surface area contributed by atoms with Crippen molar-refractivity contribution in [2.45, 2.75) is 52.2 Å². The van der Waals surface area contributed by atoms with E-state index >= 15 is 0 Å². The largest absolute Gasteiger partial charge is 0.376 e. The van der Waals surface area contributed by atoms with Gasteiger partial charge in [-0.3, -0.25) is 0 Å². The first-order chi connectivity index (χ1) is 8.77. The molecule has 0 aliphatic heterocycles. The van der Waals surface area contributed by atoms with E-state index in [1.165, 1.54) is 29.7 Å². The molecule has 2 atom stereocenters. The van der Waals surface area contributed by atoms with E-state index in [0.29, 0.717) is 12.1 Å². The molecule has 1 aliphatic rings. The Balaban J connectivity index is 2.14. The van der Waals surface area contributed by atoms with Gasteiger partial charge in [0.15, 0.2) is 0 Å². The van der Waals surface area contributed by atoms with Crippen molar-refractivity contribution in [1.29, 1.82) is 0 Å². The van der Waals surface area contributed by atoms with Crippen LogP contribution in [0.2, 0.25) is 0 Å². The van der Waals surface area contributed by atoms with Gasteiger partial charge in [-0.25, -0.2) is 0 Å². The molecule has 18 heavy (non-hydrogen) atoms. The van der Waals surface area contributed by atoms with E-state index in [1.807, 2.05) is 11.3 Å². The molecule has 1 aliphatic carbocycles. The SMILES string of the molecule is CCCNC(c1sccc1C)C(OCC)C1CC1. The zero-order valence-electron chi connectivity index (χ0n) is 11.7. The Kier molecular flexibility index (Phi) is 5.22. The normalized spacial score (nSPS) is 18.8. The van der Waals surface area contributed by atoms with Gasteiger partial charge in [0.25, 0.3) is 0 Å². The number of hydrogen-bond acceptors (Lipinski definition) is 3. The van der Waals surface area contributed by atoms with E-state index in [0.717, 1.165) is 19.1 Å². The van der Waals surface area contributed by atoms with Crippen LogP contribution in [0.1, 0.15) is 49.6 Å². The topological polar surface area (TPSA) is 21.3 Å². The Labute approximate surface area is 115 Å². The molecule has 3 heteroatoms. The Hall–Kier alpha value is -0.380. The molecule has 0 spiro atoms. The van der Waals surface area contributed by atoms with Crippen molar-refractivity contribution in [1.82, 2.24) is 5.32 Å². The minimum absolute atomic E-state index is 0.360. The average molecular weight is 267 g/mol. The highest BCUT2D eigenvalue weighted by Crippen LogP contribution is 2.41. The van der Waals surface area contributed by atoms with Crippen LogP contribution in [0, 0.1) is 12.8 Å². The number of ether oxygens (including phenoxy) is 1. The smallest absolute Gasteiger partial charge is 0.0805 e. The molecule has 0 amide bonds. The quantitative estimate of drug-likeness (QED) is 0.771. The molecule has 1 aromatic rings. The maximum absolute atomic E-state index is 6.05. The van der Waals surface area contributed by atoms with E-state index < -0.39 is 0 Å². The molecular formula is C15H25NOS. The van der Waals surface area contributed by atoms with Crippen LogP contribution < -0.4 is 5.32 Å². The number of nitrogens with one attached hydrogen (secondary N) is 1. The molecule has 1 heterocycles. The Morgan fingerprint density at radius 1 is 1.44 bits per heavy atom. The van der Waals surface area contributed by atoms with Gasteiger partial charge in [-0.2, -0.15) is 0 Å². The summed E-state index contributed by atoms with van der Waals surface area (Å²) in [5.41, 5.74) is 1.40. The van der Waals surface area contributed by atoms with Crippen LogP contribution in [0.5, 0.6) is 0 Å². The summed E-state index contributed by atoms with van der Waals surface area (Å²) < 4.78 is 6.05. The highest BCUT2D eigenvalue weighted by atomic mass is 32.1. The lowest BCUT2D eigenvalue weighted by atomic mass is 10.0. The number of hydrogen-bond donors (Lipinski definition) is 1. The molecule has 0 bridgehead atoms. The van der Waals surface area contributed by atoms with Crippen molar-refractivity contribution in [2.75, 3.05) is 13.2 Å². The lowest BCUT2D eigenvalue weighted by Gasteiger charge is -2.28. The Bertz CT molecular complexity index is 359. The molecule has 102 valence electrons. The summed E-state index contributed by atoms with van der Waals surface area (Å²) in [6, 6.07) is 2.61. The zero-order valence-corrected chi connectivity index (χ0v) is 12.6. The number of thiophene rings is 1. The number of aryl methyl sites for hydroxylation is 1. The second kappa shape index (κ2) is 6.69. The van der Waals surface area contributed by atoms with Crippen LogP contribution in [0.3, 0.4) is 0 Å². The average Bonchev–Trinajstić information content (AvgIpc) is 3.12. The van der Waals surface area contributed by atoms with Gasteiger partial charge in [0.2, 0.25) is 0 Å². The molecule has 2 unspecified atom stereocenters. The van der Waals surface area contributed by atoms with Crippen LogP contribution in [-0.4, -0.2) is 19.3 Å². The second-order valence-corrected chi connectivity index (χ2v) is 6.10. The summed E-state index contributed by atoms with van der Waals surface area (Å²) in [5, 5.41) is 5.90. The third-order valence-electron chi connectivity index (χ3n) is 3.57. The maximum atomic E-state index is 6.05. The van der Waals surface area contributed by atoms with Gasteiger partial charge >= 0.3 is 0 Å². The van der Waals surface area contributed by atoms with E-state index in [2.05, 4.69) is 37.5 Å². The highest BCUT2D eigenvalue weighted by molar-refractivity contribution is 7.10. The lowest BCUT2D eigenvalue weighted by molar-refractivity contribution is 0.0193. The fourth-order valence-corrected chi connectivity index (χ4v) is 3.52. The first kappa shape index (κ1) is 14.0. The molecule has 0 saturated heterocycles. The van der Waals surface area contributed by atoms with Gasteiger partial charge in [-0.15, -0.1) is 11.3 Å². The van der Waals surface area contributed by atoms with Crippen molar-refractivity contribution in [3.63, 3.8) is 0 Å². The standard InChI is InChI=1S/C15H25NOS/c1-4-9-16-13(15-11(3)8-10-18-15)14(17-5-2)12-6-7-12/h8,10,12-14,16H,4-7,9H2,1-3H3. The number of rotatable bonds is 8. The molecule has 2 rings (SSSR count). The van der Waals surface area contributed by atoms with Crippen molar-refractivity contribution in [3.05, 3.63) is 21.9 Å². The van der Waals surface area contributed by atoms with Gasteiger partial charge in [0.05, 0.1) is 12.1 Å². The van der Waals surface area contributed by atoms with Crippen molar-refractivity contribution in [2.24, 2.45) is 5.92 Å². The third kappa shape index (κ3) is 3.34. The van der Waals surface area contributed by atoms with Crippen molar-refractivity contribution in [3.8, 4) is 0 Å². The van der Waals surface area contributed by atoms with Gasteiger partial charge in [-0.05, 0) is 62.6 Å². The summed E-state index contributed by atoms with van der Waals surface area (Å²) in [6.45, 7) is 8.42. The summed E-state index contributed by atoms with van der Waals surface area (Å²) in [6.07, 6.45) is 4.20. The van der Waals surface area contributed by atoms with Crippen LogP contribution in [-0.2, 0) is 4.74 Å². The molecule has 1 N–H and O–H groups in total. The minimum Gasteiger partial charge on any atom is -0.376 e. The van der Waals surface area contributed by atoms with E-state index in [1.54, 1.807) is 0 Å². The maximum Gasteiger partial charge on any atom is 0.0805 e. The molecule has 1 saturated carbocycles. The molecule has 0 radical (unpaired) electrons. The minimum atomic E-state index is 0.360. The first-order valence-electron chi connectivity index (χ1n) is 7.16. The second-order valence-electron chi connectivity index (χ2n) is 5.16. The third-order valence-corrected chi connectivity index (χ3v) is 4.67. The zero-order chi connectivity index (χ0) is 13.0. The molecule has 0 aromatic carbocycles. The van der Waals surface area contributed by atoms with Crippen LogP contribution in [0.15, 0.2) is 11.4 Å². The summed E-state index contributed by atoms with van der Waals surface area (Å²) in [7, 11) is 0. The van der Waals surface area contributed by atoms with E-state index in [-0.39, 0.29) is 0 Å². The molecule has 1 aromatic heterocycles. The van der Waals surface area contributed by atoms with Gasteiger partial charge in [-0.1, -0.05) is 6.92 Å². The van der Waals surface area contributed by atoms with Crippen molar-refractivity contribution < 1.29 is 4.74 Å². The predicted molar refractivity (Wildman–Crippen MR) is 78.2 cm³/mol. The predicted octanol–water partition coefficient (Wildman–Crippen LogP) is 3.91. The monoisotopic (exact) mass is 267 g/mol.